The van der Waals surface area contributed by atoms with Crippen LogP contribution in [0.25, 0.3) is 0 Å². The topological polar surface area (TPSA) is 87.3 Å². The van der Waals surface area contributed by atoms with Gasteiger partial charge in [0, 0.05) is 19.5 Å². The first-order chi connectivity index (χ1) is 7.97. The molecular formula is C10H21N3O3S. The summed E-state index contributed by atoms with van der Waals surface area (Å²) in [4.78, 5) is 11.4. The van der Waals surface area contributed by atoms with E-state index in [1.165, 1.54) is 0 Å². The second-order valence-electron chi connectivity index (χ2n) is 4.41. The number of sulfonamides is 1. The normalized spacial score (nSPS) is 20.4. The van der Waals surface area contributed by atoms with Crippen LogP contribution in [0.4, 0.5) is 0 Å². The Balaban J connectivity index is 2.01. The van der Waals surface area contributed by atoms with Crippen LogP contribution in [-0.4, -0.2) is 46.8 Å². The van der Waals surface area contributed by atoms with Gasteiger partial charge in [-0.15, -0.1) is 0 Å². The van der Waals surface area contributed by atoms with Gasteiger partial charge < -0.3 is 10.6 Å². The first-order valence-corrected chi connectivity index (χ1v) is 7.78. The predicted octanol–water partition coefficient (Wildman–Crippen LogP) is -0.958. The average Bonchev–Trinajstić information content (AvgIpc) is 2.73. The lowest BCUT2D eigenvalue weighted by Crippen LogP contribution is -2.34. The Morgan fingerprint density at radius 1 is 1.41 bits per heavy atom. The molecule has 1 rings (SSSR count). The summed E-state index contributed by atoms with van der Waals surface area (Å²) >= 11 is 0. The van der Waals surface area contributed by atoms with Gasteiger partial charge in [-0.2, -0.15) is 0 Å². The number of amides is 1. The average molecular weight is 263 g/mol. The van der Waals surface area contributed by atoms with Crippen LogP contribution in [-0.2, 0) is 14.8 Å². The molecule has 1 aliphatic heterocycles. The molecule has 0 aromatic rings. The zero-order chi connectivity index (χ0) is 12.7. The monoisotopic (exact) mass is 263 g/mol. The van der Waals surface area contributed by atoms with E-state index in [1.54, 1.807) is 0 Å². The molecule has 1 aliphatic rings. The Hall–Kier alpha value is -0.660. The van der Waals surface area contributed by atoms with Crippen LogP contribution in [0.3, 0.4) is 0 Å². The molecule has 1 amide bonds. The molecular weight excluding hydrogens is 242 g/mol. The third kappa shape index (κ3) is 7.30. The molecule has 1 unspecified atom stereocenters. The van der Waals surface area contributed by atoms with E-state index in [4.69, 9.17) is 0 Å². The number of rotatable bonds is 7. The van der Waals surface area contributed by atoms with Gasteiger partial charge in [0.15, 0.2) is 0 Å². The third-order valence-electron chi connectivity index (χ3n) is 2.75. The van der Waals surface area contributed by atoms with E-state index < -0.39 is 10.0 Å². The van der Waals surface area contributed by atoms with Crippen molar-refractivity contribution in [2.24, 2.45) is 5.92 Å². The Kier molecular flexibility index (Phi) is 5.87. The fourth-order valence-corrected chi connectivity index (χ4v) is 2.30. The predicted molar refractivity (Wildman–Crippen MR) is 66.1 cm³/mol. The largest absolute Gasteiger partial charge is 0.355 e. The summed E-state index contributed by atoms with van der Waals surface area (Å²) in [5, 5.41) is 5.95. The van der Waals surface area contributed by atoms with Crippen LogP contribution in [0.1, 0.15) is 19.3 Å². The number of hydrogen-bond donors (Lipinski definition) is 3. The van der Waals surface area contributed by atoms with Crippen molar-refractivity contribution in [2.75, 3.05) is 32.4 Å². The maximum Gasteiger partial charge on any atom is 0.220 e. The molecule has 0 aromatic heterocycles. The van der Waals surface area contributed by atoms with Gasteiger partial charge in [0.1, 0.15) is 0 Å². The van der Waals surface area contributed by atoms with Gasteiger partial charge in [-0.3, -0.25) is 4.79 Å². The van der Waals surface area contributed by atoms with Crippen molar-refractivity contribution < 1.29 is 13.2 Å². The van der Waals surface area contributed by atoms with E-state index in [2.05, 4.69) is 15.4 Å². The highest BCUT2D eigenvalue weighted by molar-refractivity contribution is 7.88. The summed E-state index contributed by atoms with van der Waals surface area (Å²) in [5.74, 6) is 0.599. The summed E-state index contributed by atoms with van der Waals surface area (Å²) in [6.45, 7) is 2.64. The minimum Gasteiger partial charge on any atom is -0.355 e. The molecule has 0 aromatic carbocycles. The SMILES string of the molecule is CS(=O)(=O)NCCNC(=O)CCC1CCNC1. The molecule has 0 radical (unpaired) electrons. The van der Waals surface area contributed by atoms with Gasteiger partial charge in [0.2, 0.25) is 15.9 Å². The van der Waals surface area contributed by atoms with Crippen LogP contribution in [0, 0.1) is 5.92 Å². The Labute approximate surface area is 103 Å². The number of nitrogens with one attached hydrogen (secondary N) is 3. The summed E-state index contributed by atoms with van der Waals surface area (Å²) in [5.41, 5.74) is 0. The lowest BCUT2D eigenvalue weighted by atomic mass is 10.0. The van der Waals surface area contributed by atoms with Gasteiger partial charge in [0.25, 0.3) is 0 Å². The Morgan fingerprint density at radius 2 is 2.18 bits per heavy atom. The van der Waals surface area contributed by atoms with Crippen molar-refractivity contribution >= 4 is 15.9 Å². The fraction of sp³-hybridized carbons (Fsp3) is 0.900. The molecule has 1 atom stereocenters. The van der Waals surface area contributed by atoms with E-state index >= 15 is 0 Å². The molecule has 6 nitrogen and oxygen atoms in total. The van der Waals surface area contributed by atoms with Crippen LogP contribution in [0.2, 0.25) is 0 Å². The molecule has 100 valence electrons. The highest BCUT2D eigenvalue weighted by atomic mass is 32.2. The highest BCUT2D eigenvalue weighted by Crippen LogP contribution is 2.13. The van der Waals surface area contributed by atoms with Crippen molar-refractivity contribution in [3.8, 4) is 0 Å². The lowest BCUT2D eigenvalue weighted by molar-refractivity contribution is -0.121. The molecule has 1 fully saturated rings. The number of carbonyl (C=O) groups is 1. The standard InChI is InChI=1S/C10H21N3O3S/c1-17(15,16)13-7-6-12-10(14)3-2-9-4-5-11-8-9/h9,11,13H,2-8H2,1H3,(H,12,14). The summed E-state index contributed by atoms with van der Waals surface area (Å²) in [7, 11) is -3.16. The Morgan fingerprint density at radius 3 is 2.76 bits per heavy atom. The summed E-state index contributed by atoms with van der Waals surface area (Å²) in [6, 6.07) is 0. The van der Waals surface area contributed by atoms with Gasteiger partial charge in [-0.1, -0.05) is 0 Å². The summed E-state index contributed by atoms with van der Waals surface area (Å²) < 4.78 is 23.8. The van der Waals surface area contributed by atoms with Crippen LogP contribution < -0.4 is 15.4 Å². The number of carbonyl (C=O) groups excluding carboxylic acids is 1. The van der Waals surface area contributed by atoms with Gasteiger partial charge >= 0.3 is 0 Å². The molecule has 0 spiro atoms. The number of hydrogen-bond acceptors (Lipinski definition) is 4. The van der Waals surface area contributed by atoms with Crippen molar-refractivity contribution in [1.82, 2.24) is 15.4 Å². The molecule has 1 saturated heterocycles. The Bertz CT molecular complexity index is 337. The van der Waals surface area contributed by atoms with Crippen LogP contribution >= 0.6 is 0 Å². The second kappa shape index (κ2) is 6.93. The maximum atomic E-state index is 11.4. The van der Waals surface area contributed by atoms with Gasteiger partial charge in [0.05, 0.1) is 6.26 Å². The van der Waals surface area contributed by atoms with E-state index in [1.807, 2.05) is 0 Å². The molecule has 0 aliphatic carbocycles. The highest BCUT2D eigenvalue weighted by Gasteiger charge is 2.15. The first kappa shape index (κ1) is 14.4. The van der Waals surface area contributed by atoms with Crippen LogP contribution in [0.5, 0.6) is 0 Å². The first-order valence-electron chi connectivity index (χ1n) is 5.89. The van der Waals surface area contributed by atoms with E-state index in [0.29, 0.717) is 18.9 Å². The third-order valence-corrected chi connectivity index (χ3v) is 3.48. The minimum atomic E-state index is -3.16. The molecule has 17 heavy (non-hydrogen) atoms. The fourth-order valence-electron chi connectivity index (χ4n) is 1.82. The van der Waals surface area contributed by atoms with Crippen molar-refractivity contribution in [2.45, 2.75) is 19.3 Å². The summed E-state index contributed by atoms with van der Waals surface area (Å²) in [6.07, 6.45) is 3.66. The molecule has 3 N–H and O–H groups in total. The molecule has 1 heterocycles. The zero-order valence-electron chi connectivity index (χ0n) is 10.2. The van der Waals surface area contributed by atoms with E-state index in [-0.39, 0.29) is 12.5 Å². The lowest BCUT2D eigenvalue weighted by Gasteiger charge is -2.08. The van der Waals surface area contributed by atoms with E-state index in [0.717, 1.165) is 32.2 Å². The van der Waals surface area contributed by atoms with Crippen molar-refractivity contribution in [3.05, 3.63) is 0 Å². The molecule has 0 saturated carbocycles. The van der Waals surface area contributed by atoms with E-state index in [9.17, 15) is 13.2 Å². The van der Waals surface area contributed by atoms with Crippen molar-refractivity contribution in [1.29, 1.82) is 0 Å². The molecule has 0 bridgehead atoms. The quantitative estimate of drug-likeness (QED) is 0.516. The molecule has 7 heteroatoms. The minimum absolute atomic E-state index is 0.00722. The smallest absolute Gasteiger partial charge is 0.220 e. The van der Waals surface area contributed by atoms with Crippen molar-refractivity contribution in [3.63, 3.8) is 0 Å². The van der Waals surface area contributed by atoms with Gasteiger partial charge in [-0.05, 0) is 31.8 Å². The van der Waals surface area contributed by atoms with Crippen LogP contribution in [0.15, 0.2) is 0 Å². The second-order valence-corrected chi connectivity index (χ2v) is 6.25. The van der Waals surface area contributed by atoms with Gasteiger partial charge in [-0.25, -0.2) is 13.1 Å². The maximum absolute atomic E-state index is 11.4. The zero-order valence-corrected chi connectivity index (χ0v) is 11.0.